The van der Waals surface area contributed by atoms with Crippen molar-refractivity contribution in [2.75, 3.05) is 0 Å². The van der Waals surface area contributed by atoms with Crippen LogP contribution in [-0.2, 0) is 0 Å². The van der Waals surface area contributed by atoms with Crippen molar-refractivity contribution in [2.24, 2.45) is 0 Å². The molecule has 1 fully saturated rings. The summed E-state index contributed by atoms with van der Waals surface area (Å²) in [6, 6.07) is 0. The molecule has 0 saturated heterocycles. The zero-order chi connectivity index (χ0) is 17.8. The summed E-state index contributed by atoms with van der Waals surface area (Å²) in [4.78, 5) is 0. The van der Waals surface area contributed by atoms with Gasteiger partial charge in [-0.2, -0.15) is 0 Å². The van der Waals surface area contributed by atoms with E-state index in [0.29, 0.717) is 5.16 Å². The number of hydrogen-bond acceptors (Lipinski definition) is 1. The maximum absolute atomic E-state index is 4.28. The van der Waals surface area contributed by atoms with Crippen LogP contribution in [-0.4, -0.2) is 19.5 Å². The smallest absolute Gasteiger partial charge is 0.0561 e. The fraction of sp³-hybridized carbons (Fsp3) is 0.818. The monoisotopic (exact) mass is 347 g/mol. The maximum Gasteiger partial charge on any atom is 0.0561 e. The Kier molecular flexibility index (Phi) is 6.96. The summed E-state index contributed by atoms with van der Waals surface area (Å²) >= 11 is 0. The van der Waals surface area contributed by atoms with Crippen LogP contribution in [0.1, 0.15) is 91.9 Å². The zero-order valence-electron chi connectivity index (χ0n) is 17.2. The van der Waals surface area contributed by atoms with Crippen molar-refractivity contribution >= 4 is 8.80 Å². The third-order valence-corrected chi connectivity index (χ3v) is 9.98. The lowest BCUT2D eigenvalue weighted by molar-refractivity contribution is 0.309. The molecule has 1 unspecified atom stereocenters. The van der Waals surface area contributed by atoms with Crippen molar-refractivity contribution in [1.82, 2.24) is 5.32 Å². The van der Waals surface area contributed by atoms with Gasteiger partial charge in [-0.3, -0.25) is 0 Å². The SMILES string of the molecule is CC1=CC(C)(NC2([SiH](C)C)CCCCCCCCCC2)C(C)=C1C. The van der Waals surface area contributed by atoms with E-state index in [9.17, 15) is 0 Å². The minimum atomic E-state index is -0.817. The average Bonchev–Trinajstić information content (AvgIpc) is 2.71. The summed E-state index contributed by atoms with van der Waals surface area (Å²) in [5.41, 5.74) is 4.59. The molecule has 1 N–H and O–H groups in total. The Hall–Kier alpha value is -0.343. The summed E-state index contributed by atoms with van der Waals surface area (Å²) < 4.78 is 0. The van der Waals surface area contributed by atoms with E-state index in [0.717, 1.165) is 0 Å². The highest BCUT2D eigenvalue weighted by Crippen LogP contribution is 2.38. The summed E-state index contributed by atoms with van der Waals surface area (Å²) in [5.74, 6) is 0. The lowest BCUT2D eigenvalue weighted by atomic mass is 9.91. The van der Waals surface area contributed by atoms with Gasteiger partial charge in [-0.1, -0.05) is 76.1 Å². The first-order valence-electron chi connectivity index (χ1n) is 10.5. The van der Waals surface area contributed by atoms with Crippen molar-refractivity contribution in [2.45, 2.75) is 116 Å². The predicted molar refractivity (Wildman–Crippen MR) is 111 cm³/mol. The van der Waals surface area contributed by atoms with Crippen molar-refractivity contribution in [3.8, 4) is 0 Å². The molecule has 1 saturated carbocycles. The van der Waals surface area contributed by atoms with Gasteiger partial charge in [-0.05, 0) is 51.7 Å². The summed E-state index contributed by atoms with van der Waals surface area (Å²) in [6.45, 7) is 14.5. The molecule has 0 aromatic rings. The highest BCUT2D eigenvalue weighted by Gasteiger charge is 2.41. The van der Waals surface area contributed by atoms with Crippen LogP contribution in [0.2, 0.25) is 13.1 Å². The van der Waals surface area contributed by atoms with Crippen LogP contribution in [0.15, 0.2) is 22.8 Å². The standard InChI is InChI=1S/C22H41NSi/c1-18-17-21(4,20(3)19(18)2)23-22(24(5)6)15-13-11-9-7-8-10-12-14-16-22/h17,23-24H,7-16H2,1-6H3. The lowest BCUT2D eigenvalue weighted by Gasteiger charge is -2.45. The van der Waals surface area contributed by atoms with Crippen molar-refractivity contribution < 1.29 is 0 Å². The van der Waals surface area contributed by atoms with Crippen LogP contribution in [0.3, 0.4) is 0 Å². The second-order valence-electron chi connectivity index (χ2n) is 9.04. The fourth-order valence-electron chi connectivity index (χ4n) is 4.90. The first-order valence-corrected chi connectivity index (χ1v) is 13.4. The molecule has 0 aromatic heterocycles. The first-order chi connectivity index (χ1) is 11.3. The number of rotatable bonds is 3. The molecule has 1 nitrogen and oxygen atoms in total. The van der Waals surface area contributed by atoms with Gasteiger partial charge in [0.05, 0.1) is 14.3 Å². The summed E-state index contributed by atoms with van der Waals surface area (Å²) in [7, 11) is -0.817. The summed E-state index contributed by atoms with van der Waals surface area (Å²) in [6.07, 6.45) is 16.8. The molecule has 2 aliphatic rings. The second-order valence-corrected chi connectivity index (χ2v) is 12.5. The molecule has 0 bridgehead atoms. The van der Waals surface area contributed by atoms with E-state index in [1.807, 2.05) is 0 Å². The van der Waals surface area contributed by atoms with E-state index < -0.39 is 8.80 Å². The van der Waals surface area contributed by atoms with Crippen LogP contribution in [0.5, 0.6) is 0 Å². The van der Waals surface area contributed by atoms with Crippen molar-refractivity contribution in [3.63, 3.8) is 0 Å². The molecule has 0 spiro atoms. The molecule has 0 aliphatic heterocycles. The molecular weight excluding hydrogens is 306 g/mol. The molecule has 2 heteroatoms. The maximum atomic E-state index is 4.28. The highest BCUT2D eigenvalue weighted by molar-refractivity contribution is 6.59. The fourth-order valence-corrected chi connectivity index (χ4v) is 7.05. The summed E-state index contributed by atoms with van der Waals surface area (Å²) in [5, 5.41) is 4.70. The average molecular weight is 348 g/mol. The molecule has 1 atom stereocenters. The largest absolute Gasteiger partial charge is 0.302 e. The number of allylic oxidation sites excluding steroid dienone is 2. The lowest BCUT2D eigenvalue weighted by Crippen LogP contribution is -2.62. The third kappa shape index (κ3) is 4.43. The van der Waals surface area contributed by atoms with Crippen LogP contribution >= 0.6 is 0 Å². The Morgan fingerprint density at radius 3 is 1.67 bits per heavy atom. The normalized spacial score (nSPS) is 29.5. The minimum Gasteiger partial charge on any atom is -0.302 e. The minimum absolute atomic E-state index is 0.0750. The van der Waals surface area contributed by atoms with E-state index >= 15 is 0 Å². The van der Waals surface area contributed by atoms with Crippen LogP contribution < -0.4 is 5.32 Å². The van der Waals surface area contributed by atoms with E-state index in [1.54, 1.807) is 5.57 Å². The molecule has 0 aromatic carbocycles. The zero-order valence-corrected chi connectivity index (χ0v) is 18.4. The molecule has 138 valence electrons. The van der Waals surface area contributed by atoms with E-state index in [1.165, 1.54) is 75.4 Å². The van der Waals surface area contributed by atoms with E-state index in [4.69, 9.17) is 0 Å². The van der Waals surface area contributed by atoms with Crippen LogP contribution in [0, 0.1) is 0 Å². The Bertz CT molecular complexity index is 476. The van der Waals surface area contributed by atoms with Gasteiger partial charge < -0.3 is 5.32 Å². The Morgan fingerprint density at radius 2 is 1.29 bits per heavy atom. The molecule has 0 heterocycles. The van der Waals surface area contributed by atoms with Gasteiger partial charge in [-0.25, -0.2) is 0 Å². The van der Waals surface area contributed by atoms with Crippen molar-refractivity contribution in [1.29, 1.82) is 0 Å². The second kappa shape index (κ2) is 8.36. The quantitative estimate of drug-likeness (QED) is 0.590. The molecule has 0 radical (unpaired) electrons. The van der Waals surface area contributed by atoms with Gasteiger partial charge in [0.1, 0.15) is 0 Å². The third-order valence-electron chi connectivity index (χ3n) is 7.05. The first kappa shape index (κ1) is 20.0. The molecule has 2 rings (SSSR count). The van der Waals surface area contributed by atoms with E-state index in [-0.39, 0.29) is 5.54 Å². The van der Waals surface area contributed by atoms with Gasteiger partial charge in [0, 0.05) is 5.16 Å². The highest BCUT2D eigenvalue weighted by atomic mass is 28.3. The Labute approximate surface area is 153 Å². The molecule has 0 amide bonds. The molecule has 2 aliphatic carbocycles. The van der Waals surface area contributed by atoms with E-state index in [2.05, 4.69) is 52.2 Å². The number of hydrogen-bond donors (Lipinski definition) is 1. The van der Waals surface area contributed by atoms with Crippen LogP contribution in [0.25, 0.3) is 0 Å². The molecular formula is C22H41NSi. The topological polar surface area (TPSA) is 12.0 Å². The van der Waals surface area contributed by atoms with Gasteiger partial charge >= 0.3 is 0 Å². The number of nitrogens with one attached hydrogen (secondary N) is 1. The Balaban J connectivity index is 2.24. The molecule has 24 heavy (non-hydrogen) atoms. The van der Waals surface area contributed by atoms with Gasteiger partial charge in [0.2, 0.25) is 0 Å². The van der Waals surface area contributed by atoms with Crippen molar-refractivity contribution in [3.05, 3.63) is 22.8 Å². The Morgan fingerprint density at radius 1 is 0.833 bits per heavy atom. The van der Waals surface area contributed by atoms with Gasteiger partial charge in [-0.15, -0.1) is 0 Å². The van der Waals surface area contributed by atoms with Gasteiger partial charge in [0.15, 0.2) is 0 Å². The van der Waals surface area contributed by atoms with Gasteiger partial charge in [0.25, 0.3) is 0 Å². The predicted octanol–water partition coefficient (Wildman–Crippen LogP) is 6.31. The van der Waals surface area contributed by atoms with Crippen LogP contribution in [0.4, 0.5) is 0 Å².